The SMILES string of the molecule is CCC(C)(NC(=O)c1cccc([N+](=O)[O-])c1C)c1nccs1. The van der Waals surface area contributed by atoms with Gasteiger partial charge in [0.25, 0.3) is 11.6 Å². The first-order valence-electron chi connectivity index (χ1n) is 6.85. The Kier molecular flexibility index (Phi) is 4.56. The van der Waals surface area contributed by atoms with Gasteiger partial charge in [0.15, 0.2) is 0 Å². The molecule has 0 spiro atoms. The van der Waals surface area contributed by atoms with Crippen LogP contribution in [0.15, 0.2) is 29.8 Å². The summed E-state index contributed by atoms with van der Waals surface area (Å²) in [6.07, 6.45) is 2.36. The van der Waals surface area contributed by atoms with Gasteiger partial charge in [-0.3, -0.25) is 14.9 Å². The van der Waals surface area contributed by atoms with Crippen molar-refractivity contribution in [2.24, 2.45) is 0 Å². The highest BCUT2D eigenvalue weighted by atomic mass is 32.1. The number of nitrogens with zero attached hydrogens (tertiary/aromatic N) is 2. The van der Waals surface area contributed by atoms with E-state index in [0.29, 0.717) is 17.5 Å². The number of carbonyl (C=O) groups is 1. The summed E-state index contributed by atoms with van der Waals surface area (Å²) >= 11 is 1.47. The summed E-state index contributed by atoms with van der Waals surface area (Å²) in [5.41, 5.74) is 0.0237. The first-order valence-corrected chi connectivity index (χ1v) is 7.73. The third-order valence-corrected chi connectivity index (χ3v) is 4.78. The Bertz CT molecular complexity index is 700. The second-order valence-corrected chi connectivity index (χ2v) is 6.08. The van der Waals surface area contributed by atoms with Crippen LogP contribution in [0.2, 0.25) is 0 Å². The van der Waals surface area contributed by atoms with Gasteiger partial charge in [-0.1, -0.05) is 13.0 Å². The van der Waals surface area contributed by atoms with E-state index >= 15 is 0 Å². The molecule has 0 aliphatic heterocycles. The number of rotatable bonds is 5. The largest absolute Gasteiger partial charge is 0.340 e. The van der Waals surface area contributed by atoms with Crippen LogP contribution in [-0.4, -0.2) is 15.8 Å². The van der Waals surface area contributed by atoms with Crippen molar-refractivity contribution in [3.05, 3.63) is 56.0 Å². The van der Waals surface area contributed by atoms with E-state index in [4.69, 9.17) is 0 Å². The predicted molar refractivity (Wildman–Crippen MR) is 85.1 cm³/mol. The van der Waals surface area contributed by atoms with Crippen molar-refractivity contribution in [3.8, 4) is 0 Å². The fourth-order valence-corrected chi connectivity index (χ4v) is 3.00. The molecule has 22 heavy (non-hydrogen) atoms. The highest BCUT2D eigenvalue weighted by molar-refractivity contribution is 7.09. The van der Waals surface area contributed by atoms with E-state index < -0.39 is 10.5 Å². The number of benzene rings is 1. The Morgan fingerprint density at radius 3 is 2.77 bits per heavy atom. The average Bonchev–Trinajstić information content (AvgIpc) is 3.01. The molecule has 6 nitrogen and oxygen atoms in total. The highest BCUT2D eigenvalue weighted by Gasteiger charge is 2.30. The fourth-order valence-electron chi connectivity index (χ4n) is 2.17. The summed E-state index contributed by atoms with van der Waals surface area (Å²) in [7, 11) is 0. The Balaban J connectivity index is 2.33. The summed E-state index contributed by atoms with van der Waals surface area (Å²) in [5, 5.41) is 16.6. The van der Waals surface area contributed by atoms with Crippen LogP contribution in [0.1, 0.15) is 41.2 Å². The molecule has 0 fully saturated rings. The molecule has 0 radical (unpaired) electrons. The Morgan fingerprint density at radius 2 is 2.23 bits per heavy atom. The van der Waals surface area contributed by atoms with E-state index in [1.165, 1.54) is 23.5 Å². The lowest BCUT2D eigenvalue weighted by Crippen LogP contribution is -2.43. The highest BCUT2D eigenvalue weighted by Crippen LogP contribution is 2.28. The second-order valence-electron chi connectivity index (χ2n) is 5.18. The lowest BCUT2D eigenvalue weighted by atomic mass is 9.98. The smallest absolute Gasteiger partial charge is 0.273 e. The van der Waals surface area contributed by atoms with Gasteiger partial charge in [0.1, 0.15) is 5.01 Å². The van der Waals surface area contributed by atoms with Crippen molar-refractivity contribution >= 4 is 22.9 Å². The zero-order valence-electron chi connectivity index (χ0n) is 12.6. The van der Waals surface area contributed by atoms with Gasteiger partial charge in [0.05, 0.1) is 10.5 Å². The van der Waals surface area contributed by atoms with Crippen LogP contribution in [0.3, 0.4) is 0 Å². The van der Waals surface area contributed by atoms with Crippen LogP contribution < -0.4 is 5.32 Å². The number of aromatic nitrogens is 1. The van der Waals surface area contributed by atoms with Gasteiger partial charge in [-0.05, 0) is 26.3 Å². The Labute approximate surface area is 132 Å². The molecule has 0 saturated heterocycles. The molecular formula is C15H17N3O3S. The van der Waals surface area contributed by atoms with Crippen LogP contribution in [0.4, 0.5) is 5.69 Å². The fraction of sp³-hybridized carbons (Fsp3) is 0.333. The molecule has 116 valence electrons. The summed E-state index contributed by atoms with van der Waals surface area (Å²) in [5.74, 6) is -0.333. The number of nitrogens with one attached hydrogen (secondary N) is 1. The second kappa shape index (κ2) is 6.23. The van der Waals surface area contributed by atoms with E-state index in [9.17, 15) is 14.9 Å². The lowest BCUT2D eigenvalue weighted by Gasteiger charge is -2.27. The lowest BCUT2D eigenvalue weighted by molar-refractivity contribution is -0.385. The monoisotopic (exact) mass is 319 g/mol. The molecule has 1 aromatic heterocycles. The van der Waals surface area contributed by atoms with Crippen LogP contribution in [-0.2, 0) is 5.54 Å². The number of amides is 1. The molecule has 1 amide bonds. The first-order chi connectivity index (χ1) is 10.4. The van der Waals surface area contributed by atoms with Crippen molar-refractivity contribution in [2.45, 2.75) is 32.7 Å². The maximum atomic E-state index is 12.6. The van der Waals surface area contributed by atoms with Gasteiger partial charge >= 0.3 is 0 Å². The molecule has 0 aliphatic carbocycles. The minimum absolute atomic E-state index is 0.0555. The van der Waals surface area contributed by atoms with Gasteiger partial charge in [-0.15, -0.1) is 11.3 Å². The first kappa shape index (κ1) is 16.1. The number of nitro benzene ring substituents is 1. The molecule has 1 aromatic carbocycles. The van der Waals surface area contributed by atoms with Gasteiger partial charge in [0, 0.05) is 28.8 Å². The van der Waals surface area contributed by atoms with Crippen molar-refractivity contribution in [1.29, 1.82) is 0 Å². The number of carbonyl (C=O) groups excluding carboxylic acids is 1. The summed E-state index contributed by atoms with van der Waals surface area (Å²) in [6.45, 7) is 5.44. The molecule has 1 N–H and O–H groups in total. The summed E-state index contributed by atoms with van der Waals surface area (Å²) in [6, 6.07) is 4.51. The molecule has 2 rings (SSSR count). The van der Waals surface area contributed by atoms with E-state index in [1.807, 2.05) is 19.2 Å². The van der Waals surface area contributed by atoms with E-state index in [2.05, 4.69) is 10.3 Å². The van der Waals surface area contributed by atoms with Crippen LogP contribution in [0.5, 0.6) is 0 Å². The zero-order valence-corrected chi connectivity index (χ0v) is 13.4. The van der Waals surface area contributed by atoms with Crippen molar-refractivity contribution in [1.82, 2.24) is 10.3 Å². The molecule has 1 unspecified atom stereocenters. The molecule has 1 heterocycles. The number of hydrogen-bond donors (Lipinski definition) is 1. The molecular weight excluding hydrogens is 302 g/mol. The molecule has 0 bridgehead atoms. The quantitative estimate of drug-likeness (QED) is 0.676. The van der Waals surface area contributed by atoms with Crippen LogP contribution >= 0.6 is 11.3 Å². The van der Waals surface area contributed by atoms with Crippen molar-refractivity contribution in [2.75, 3.05) is 0 Å². The van der Waals surface area contributed by atoms with Gasteiger partial charge in [-0.25, -0.2) is 4.98 Å². The predicted octanol–water partition coefficient (Wildman–Crippen LogP) is 3.41. The molecule has 1 atom stereocenters. The molecule has 0 aliphatic rings. The van der Waals surface area contributed by atoms with Crippen molar-refractivity contribution < 1.29 is 9.72 Å². The molecule has 0 saturated carbocycles. The Morgan fingerprint density at radius 1 is 1.50 bits per heavy atom. The van der Waals surface area contributed by atoms with Crippen molar-refractivity contribution in [3.63, 3.8) is 0 Å². The maximum absolute atomic E-state index is 12.6. The third kappa shape index (κ3) is 2.99. The minimum Gasteiger partial charge on any atom is -0.340 e. The maximum Gasteiger partial charge on any atom is 0.273 e. The molecule has 7 heteroatoms. The number of nitro groups is 1. The topological polar surface area (TPSA) is 85.1 Å². The summed E-state index contributed by atoms with van der Waals surface area (Å²) < 4.78 is 0. The minimum atomic E-state index is -0.595. The van der Waals surface area contributed by atoms with E-state index in [-0.39, 0.29) is 11.6 Å². The van der Waals surface area contributed by atoms with Gasteiger partial charge in [-0.2, -0.15) is 0 Å². The third-order valence-electron chi connectivity index (χ3n) is 3.75. The average molecular weight is 319 g/mol. The van der Waals surface area contributed by atoms with Gasteiger partial charge < -0.3 is 5.32 Å². The van der Waals surface area contributed by atoms with E-state index in [1.54, 1.807) is 19.2 Å². The zero-order chi connectivity index (χ0) is 16.3. The normalized spacial score (nSPS) is 13.4. The van der Waals surface area contributed by atoms with Crippen LogP contribution in [0.25, 0.3) is 0 Å². The number of hydrogen-bond acceptors (Lipinski definition) is 5. The Hall–Kier alpha value is -2.28. The molecule has 2 aromatic rings. The standard InChI is InChI=1S/C15H17N3O3S/c1-4-15(3,14-16-8-9-22-14)17-13(19)11-6-5-7-12(10(11)2)18(20)21/h5-9H,4H2,1-3H3,(H,17,19). The van der Waals surface area contributed by atoms with Gasteiger partial charge in [0.2, 0.25) is 0 Å². The van der Waals surface area contributed by atoms with E-state index in [0.717, 1.165) is 5.01 Å². The summed E-state index contributed by atoms with van der Waals surface area (Å²) in [4.78, 5) is 27.3. The number of thiazole rings is 1. The van der Waals surface area contributed by atoms with Crippen LogP contribution in [0, 0.1) is 17.0 Å².